The molecule has 2 heterocycles. The Morgan fingerprint density at radius 1 is 1.07 bits per heavy atom. The number of allylic oxidation sites excluding steroid dienone is 4. The Kier molecular flexibility index (Phi) is 7.57. The maximum absolute atomic E-state index is 12.4. The largest absolute Gasteiger partial charge is 0.466 e. The van der Waals surface area contributed by atoms with E-state index in [1.807, 2.05) is 30.7 Å². The molecule has 2 atom stereocenters. The van der Waals surface area contributed by atoms with Gasteiger partial charge in [0.2, 0.25) is 5.91 Å². The average Bonchev–Trinajstić information content (AvgIpc) is 3.29. The van der Waals surface area contributed by atoms with Gasteiger partial charge in [-0.3, -0.25) is 10.1 Å². The molecule has 0 unspecified atom stereocenters. The summed E-state index contributed by atoms with van der Waals surface area (Å²) >= 11 is 0. The Morgan fingerprint density at radius 2 is 1.72 bits per heavy atom. The standard InChI is InChI=1S/C15H16N2O6.C5H5.Co/c1-22-13(19)8-6-7-4-3-5-17-11(7)10(9(8)14(20)23-2)12(18)16-15(17)21;1-2-4-5-3-1;/h6,10-11H,3-5H2,1-2H3,(H,16,18,21);1-5H;/t10-,11+;;/m1../s1. The third-order valence-electron chi connectivity index (χ3n) is 4.97. The number of methoxy groups -OCH3 is 2. The molecule has 2 saturated heterocycles. The summed E-state index contributed by atoms with van der Waals surface area (Å²) < 4.78 is 9.47. The molecule has 0 aromatic rings. The van der Waals surface area contributed by atoms with Crippen molar-refractivity contribution in [3.63, 3.8) is 0 Å². The van der Waals surface area contributed by atoms with Gasteiger partial charge < -0.3 is 14.4 Å². The first-order chi connectivity index (χ1) is 13.5. The number of hydrogen-bond acceptors (Lipinski definition) is 6. The van der Waals surface area contributed by atoms with Crippen molar-refractivity contribution in [2.45, 2.75) is 18.9 Å². The first kappa shape index (κ1) is 22.6. The Bertz CT molecular complexity index is 832. The number of carbonyl (C=O) groups excluding carboxylic acids is 4. The summed E-state index contributed by atoms with van der Waals surface area (Å²) in [6, 6.07) is -1.03. The fourth-order valence-corrected chi connectivity index (χ4v) is 3.78. The van der Waals surface area contributed by atoms with E-state index in [0.717, 1.165) is 12.0 Å². The van der Waals surface area contributed by atoms with Gasteiger partial charge in [-0.25, -0.2) is 14.4 Å². The molecule has 1 N–H and O–H groups in total. The first-order valence-electron chi connectivity index (χ1n) is 8.89. The van der Waals surface area contributed by atoms with Gasteiger partial charge in [0.15, 0.2) is 0 Å². The van der Waals surface area contributed by atoms with Crippen LogP contribution in [0.5, 0.6) is 0 Å². The van der Waals surface area contributed by atoms with Crippen molar-refractivity contribution in [2.24, 2.45) is 5.92 Å². The molecule has 9 heteroatoms. The second-order valence-corrected chi connectivity index (χ2v) is 6.51. The van der Waals surface area contributed by atoms with Crippen molar-refractivity contribution >= 4 is 23.9 Å². The van der Waals surface area contributed by atoms with E-state index < -0.39 is 35.8 Å². The number of rotatable bonds is 2. The summed E-state index contributed by atoms with van der Waals surface area (Å²) in [5.41, 5.74) is 0.726. The molecule has 3 amide bonds. The number of nitrogens with zero attached hydrogens (tertiary/aromatic N) is 1. The fourth-order valence-electron chi connectivity index (χ4n) is 3.78. The second kappa shape index (κ2) is 9.70. The maximum atomic E-state index is 12.4. The van der Waals surface area contributed by atoms with E-state index >= 15 is 0 Å². The number of ether oxygens (including phenoxy) is 2. The van der Waals surface area contributed by atoms with E-state index in [1.165, 1.54) is 19.1 Å². The van der Waals surface area contributed by atoms with Gasteiger partial charge in [0, 0.05) is 29.7 Å². The van der Waals surface area contributed by atoms with Crippen LogP contribution in [0.15, 0.2) is 47.1 Å². The van der Waals surface area contributed by atoms with Gasteiger partial charge in [-0.1, -0.05) is 24.3 Å². The van der Waals surface area contributed by atoms with E-state index in [-0.39, 0.29) is 27.9 Å². The van der Waals surface area contributed by atoms with Crippen molar-refractivity contribution in [3.8, 4) is 0 Å². The summed E-state index contributed by atoms with van der Waals surface area (Å²) in [5, 5.41) is 2.25. The number of imide groups is 1. The molecular weight excluding hydrogens is 423 g/mol. The summed E-state index contributed by atoms with van der Waals surface area (Å²) in [5.74, 6) is -3.06. The zero-order valence-electron chi connectivity index (χ0n) is 16.0. The summed E-state index contributed by atoms with van der Waals surface area (Å²) in [6.45, 7) is 0.486. The Morgan fingerprint density at radius 3 is 2.28 bits per heavy atom. The smallest absolute Gasteiger partial charge is 0.338 e. The molecule has 0 aromatic heterocycles. The molecule has 2 aliphatic carbocycles. The predicted octanol–water partition coefficient (Wildman–Crippen LogP) is 1.21. The van der Waals surface area contributed by atoms with Gasteiger partial charge in [0.05, 0.1) is 37.3 Å². The van der Waals surface area contributed by atoms with E-state index in [4.69, 9.17) is 9.47 Å². The van der Waals surface area contributed by atoms with Crippen LogP contribution in [0.25, 0.3) is 0 Å². The van der Waals surface area contributed by atoms with Crippen molar-refractivity contribution in [2.75, 3.05) is 20.8 Å². The molecule has 29 heavy (non-hydrogen) atoms. The van der Waals surface area contributed by atoms with Crippen LogP contribution in [0.1, 0.15) is 12.8 Å². The Labute approximate surface area is 178 Å². The summed E-state index contributed by atoms with van der Waals surface area (Å²) in [7, 11) is 2.38. The van der Waals surface area contributed by atoms with Crippen LogP contribution < -0.4 is 5.32 Å². The number of hydrogen-bond donors (Lipinski definition) is 1. The van der Waals surface area contributed by atoms with Crippen molar-refractivity contribution < 1.29 is 45.4 Å². The zero-order chi connectivity index (χ0) is 20.3. The molecule has 2 radical (unpaired) electrons. The van der Waals surface area contributed by atoms with Crippen molar-refractivity contribution in [3.05, 3.63) is 53.5 Å². The zero-order valence-corrected chi connectivity index (χ0v) is 17.0. The molecule has 0 spiro atoms. The normalized spacial score (nSPS) is 23.8. The van der Waals surface area contributed by atoms with E-state index in [0.29, 0.717) is 13.0 Å². The molecule has 0 aromatic carbocycles. The van der Waals surface area contributed by atoms with Gasteiger partial charge in [-0.2, -0.15) is 0 Å². The maximum Gasteiger partial charge on any atom is 0.338 e. The van der Waals surface area contributed by atoms with Crippen LogP contribution in [0.3, 0.4) is 0 Å². The van der Waals surface area contributed by atoms with Gasteiger partial charge >= 0.3 is 18.0 Å². The molecular formula is C20H21CoN2O6. The molecule has 8 nitrogen and oxygen atoms in total. The number of esters is 2. The molecule has 4 rings (SSSR count). The Balaban J connectivity index is 0.000000437. The molecule has 2 fully saturated rings. The minimum Gasteiger partial charge on any atom is -0.466 e. The monoisotopic (exact) mass is 444 g/mol. The van der Waals surface area contributed by atoms with Crippen LogP contribution in [0.2, 0.25) is 0 Å². The van der Waals surface area contributed by atoms with Gasteiger partial charge in [0.25, 0.3) is 0 Å². The Hall–Kier alpha value is -2.65. The molecule has 156 valence electrons. The minimum atomic E-state index is -0.963. The number of urea groups is 1. The van der Waals surface area contributed by atoms with E-state index in [9.17, 15) is 19.2 Å². The van der Waals surface area contributed by atoms with Gasteiger partial charge in [-0.15, -0.1) is 0 Å². The average molecular weight is 444 g/mol. The number of amides is 3. The molecule has 2 aliphatic heterocycles. The topological polar surface area (TPSA) is 102 Å². The SMILES string of the molecule is COC(=O)C1=C(C(=O)OC)[C@H]2C(=O)NC(=O)N3CCCC(=C1)[C@@H]23.[CH]1C=CC=C1.[Co]. The number of piperidine rings is 1. The number of nitrogens with one attached hydrogen (secondary N) is 1. The van der Waals surface area contributed by atoms with Crippen LogP contribution in [0, 0.1) is 12.3 Å². The van der Waals surface area contributed by atoms with E-state index in [2.05, 4.69) is 5.32 Å². The molecule has 0 bridgehead atoms. The molecule has 0 saturated carbocycles. The van der Waals surface area contributed by atoms with Gasteiger partial charge in [0.1, 0.15) is 0 Å². The number of carbonyl (C=O) groups is 4. The summed E-state index contributed by atoms with van der Waals surface area (Å²) in [4.78, 5) is 50.2. The quantitative estimate of drug-likeness (QED) is 0.643. The molecule has 4 aliphatic rings. The minimum absolute atomic E-state index is 0. The van der Waals surface area contributed by atoms with Crippen LogP contribution in [0.4, 0.5) is 4.79 Å². The van der Waals surface area contributed by atoms with Crippen LogP contribution in [-0.4, -0.2) is 55.6 Å². The van der Waals surface area contributed by atoms with Crippen LogP contribution >= 0.6 is 0 Å². The van der Waals surface area contributed by atoms with Crippen LogP contribution in [-0.2, 0) is 40.6 Å². The first-order valence-corrected chi connectivity index (χ1v) is 8.89. The van der Waals surface area contributed by atoms with Crippen molar-refractivity contribution in [1.82, 2.24) is 10.2 Å². The fraction of sp³-hybridized carbons (Fsp3) is 0.350. The van der Waals surface area contributed by atoms with Crippen molar-refractivity contribution in [1.29, 1.82) is 0 Å². The van der Waals surface area contributed by atoms with Gasteiger partial charge in [-0.05, 0) is 24.5 Å². The summed E-state index contributed by atoms with van der Waals surface area (Å²) in [6.07, 6.45) is 12.9. The van der Waals surface area contributed by atoms with E-state index in [1.54, 1.807) is 6.08 Å². The third-order valence-corrected chi connectivity index (χ3v) is 4.97. The second-order valence-electron chi connectivity index (χ2n) is 6.51. The third kappa shape index (κ3) is 4.35. The predicted molar refractivity (Wildman–Crippen MR) is 98.5 cm³/mol.